The third kappa shape index (κ3) is 4.76. The van der Waals surface area contributed by atoms with E-state index >= 15 is 0 Å². The highest BCUT2D eigenvalue weighted by atomic mass is 16.2. The molecule has 116 valence electrons. The van der Waals surface area contributed by atoms with E-state index in [9.17, 15) is 4.79 Å². The molecular formula is C17H32N2O. The molecule has 0 unspecified atom stereocenters. The SMILES string of the molecule is CC1(C(=O)NCCNC2CCCCCC2)CCCCC1. The van der Waals surface area contributed by atoms with Gasteiger partial charge in [-0.25, -0.2) is 0 Å². The zero-order valence-corrected chi connectivity index (χ0v) is 13.2. The maximum Gasteiger partial charge on any atom is 0.225 e. The quantitative estimate of drug-likeness (QED) is 0.599. The topological polar surface area (TPSA) is 41.1 Å². The molecule has 0 heterocycles. The van der Waals surface area contributed by atoms with E-state index in [1.54, 1.807) is 0 Å². The van der Waals surface area contributed by atoms with E-state index in [0.29, 0.717) is 6.04 Å². The summed E-state index contributed by atoms with van der Waals surface area (Å²) in [4.78, 5) is 12.3. The third-order valence-corrected chi connectivity index (χ3v) is 5.20. The van der Waals surface area contributed by atoms with Crippen LogP contribution in [-0.2, 0) is 4.79 Å². The van der Waals surface area contributed by atoms with Crippen molar-refractivity contribution in [3.05, 3.63) is 0 Å². The van der Waals surface area contributed by atoms with E-state index in [0.717, 1.165) is 25.9 Å². The molecule has 0 radical (unpaired) electrons. The summed E-state index contributed by atoms with van der Waals surface area (Å²) in [5.74, 6) is 0.278. The Kier molecular flexibility index (Phi) is 6.34. The van der Waals surface area contributed by atoms with Crippen LogP contribution in [0.2, 0.25) is 0 Å². The molecule has 2 aliphatic rings. The van der Waals surface area contributed by atoms with Gasteiger partial charge in [-0.2, -0.15) is 0 Å². The molecule has 2 N–H and O–H groups in total. The Morgan fingerprint density at radius 3 is 2.20 bits per heavy atom. The lowest BCUT2D eigenvalue weighted by atomic mass is 9.75. The average Bonchev–Trinajstić information content (AvgIpc) is 2.73. The number of nitrogens with one attached hydrogen (secondary N) is 2. The van der Waals surface area contributed by atoms with Crippen molar-refractivity contribution in [3.8, 4) is 0 Å². The van der Waals surface area contributed by atoms with Crippen molar-refractivity contribution in [2.45, 2.75) is 83.6 Å². The van der Waals surface area contributed by atoms with Crippen LogP contribution in [0.1, 0.15) is 77.6 Å². The van der Waals surface area contributed by atoms with Crippen LogP contribution in [0.5, 0.6) is 0 Å². The first-order chi connectivity index (χ1) is 9.71. The average molecular weight is 280 g/mol. The highest BCUT2D eigenvalue weighted by molar-refractivity contribution is 5.82. The van der Waals surface area contributed by atoms with Crippen LogP contribution in [0.4, 0.5) is 0 Å². The lowest BCUT2D eigenvalue weighted by Gasteiger charge is -2.32. The number of rotatable bonds is 5. The minimum absolute atomic E-state index is 0.0967. The highest BCUT2D eigenvalue weighted by Gasteiger charge is 2.33. The molecule has 0 aliphatic heterocycles. The number of carbonyl (C=O) groups is 1. The second-order valence-electron chi connectivity index (χ2n) is 7.02. The predicted molar refractivity (Wildman–Crippen MR) is 83.7 cm³/mol. The van der Waals surface area contributed by atoms with Crippen molar-refractivity contribution in [2.24, 2.45) is 5.41 Å². The summed E-state index contributed by atoms with van der Waals surface area (Å²) in [5, 5.41) is 6.76. The van der Waals surface area contributed by atoms with E-state index < -0.39 is 0 Å². The summed E-state index contributed by atoms with van der Waals surface area (Å²) in [7, 11) is 0. The number of amides is 1. The summed E-state index contributed by atoms with van der Waals surface area (Å²) >= 11 is 0. The third-order valence-electron chi connectivity index (χ3n) is 5.20. The lowest BCUT2D eigenvalue weighted by molar-refractivity contribution is -0.131. The first kappa shape index (κ1) is 15.8. The zero-order valence-electron chi connectivity index (χ0n) is 13.2. The zero-order chi connectivity index (χ0) is 14.3. The monoisotopic (exact) mass is 280 g/mol. The maximum atomic E-state index is 12.3. The molecule has 2 rings (SSSR count). The van der Waals surface area contributed by atoms with Gasteiger partial charge < -0.3 is 10.6 Å². The molecular weight excluding hydrogens is 248 g/mol. The maximum absolute atomic E-state index is 12.3. The molecule has 0 spiro atoms. The molecule has 0 aromatic carbocycles. The van der Waals surface area contributed by atoms with Gasteiger partial charge in [0.25, 0.3) is 0 Å². The van der Waals surface area contributed by atoms with Crippen LogP contribution in [0.15, 0.2) is 0 Å². The van der Waals surface area contributed by atoms with Crippen LogP contribution in [0.25, 0.3) is 0 Å². The Morgan fingerprint density at radius 1 is 0.950 bits per heavy atom. The molecule has 2 saturated carbocycles. The highest BCUT2D eigenvalue weighted by Crippen LogP contribution is 2.35. The van der Waals surface area contributed by atoms with Crippen LogP contribution in [0, 0.1) is 5.41 Å². The van der Waals surface area contributed by atoms with Crippen LogP contribution in [0.3, 0.4) is 0 Å². The fraction of sp³-hybridized carbons (Fsp3) is 0.941. The van der Waals surface area contributed by atoms with Gasteiger partial charge in [0.1, 0.15) is 0 Å². The van der Waals surface area contributed by atoms with Crippen molar-refractivity contribution in [2.75, 3.05) is 13.1 Å². The lowest BCUT2D eigenvalue weighted by Crippen LogP contribution is -2.43. The first-order valence-electron chi connectivity index (χ1n) is 8.72. The van der Waals surface area contributed by atoms with Gasteiger partial charge in [0.15, 0.2) is 0 Å². The Morgan fingerprint density at radius 2 is 1.55 bits per heavy atom. The van der Waals surface area contributed by atoms with Crippen molar-refractivity contribution < 1.29 is 4.79 Å². The van der Waals surface area contributed by atoms with Gasteiger partial charge in [-0.3, -0.25) is 4.79 Å². The standard InChI is InChI=1S/C17H32N2O/c1-17(11-7-4-8-12-17)16(20)19-14-13-18-15-9-5-2-3-6-10-15/h15,18H,2-14H2,1H3,(H,19,20). The fourth-order valence-electron chi connectivity index (χ4n) is 3.71. The Bertz CT molecular complexity index is 289. The number of hydrogen-bond acceptors (Lipinski definition) is 2. The fourth-order valence-corrected chi connectivity index (χ4v) is 3.71. The molecule has 0 saturated heterocycles. The van der Waals surface area contributed by atoms with E-state index in [1.165, 1.54) is 57.8 Å². The normalized spacial score (nSPS) is 24.1. The van der Waals surface area contributed by atoms with Crippen molar-refractivity contribution in [1.82, 2.24) is 10.6 Å². The van der Waals surface area contributed by atoms with Crippen LogP contribution >= 0.6 is 0 Å². The Balaban J connectivity index is 1.61. The van der Waals surface area contributed by atoms with Crippen molar-refractivity contribution >= 4 is 5.91 Å². The molecule has 20 heavy (non-hydrogen) atoms. The van der Waals surface area contributed by atoms with E-state index in [4.69, 9.17) is 0 Å². The second kappa shape index (κ2) is 8.02. The minimum atomic E-state index is -0.0967. The Hall–Kier alpha value is -0.570. The van der Waals surface area contributed by atoms with Crippen molar-refractivity contribution in [3.63, 3.8) is 0 Å². The molecule has 0 atom stereocenters. The van der Waals surface area contributed by atoms with Crippen LogP contribution in [-0.4, -0.2) is 25.0 Å². The molecule has 3 nitrogen and oxygen atoms in total. The van der Waals surface area contributed by atoms with Crippen molar-refractivity contribution in [1.29, 1.82) is 0 Å². The van der Waals surface area contributed by atoms with Gasteiger partial charge in [0, 0.05) is 24.5 Å². The minimum Gasteiger partial charge on any atom is -0.354 e. The predicted octanol–water partition coefficient (Wildman–Crippen LogP) is 3.39. The molecule has 1 amide bonds. The smallest absolute Gasteiger partial charge is 0.225 e. The van der Waals surface area contributed by atoms with E-state index in [1.807, 2.05) is 0 Å². The second-order valence-corrected chi connectivity index (χ2v) is 7.02. The molecule has 0 aromatic heterocycles. The molecule has 2 fully saturated rings. The first-order valence-corrected chi connectivity index (χ1v) is 8.72. The van der Waals surface area contributed by atoms with Gasteiger partial charge in [0.05, 0.1) is 0 Å². The van der Waals surface area contributed by atoms with Gasteiger partial charge in [-0.1, -0.05) is 51.9 Å². The van der Waals surface area contributed by atoms with Gasteiger partial charge in [-0.15, -0.1) is 0 Å². The molecule has 0 aromatic rings. The summed E-state index contributed by atoms with van der Waals surface area (Å²) in [6.07, 6.45) is 14.0. The van der Waals surface area contributed by atoms with E-state index in [-0.39, 0.29) is 11.3 Å². The van der Waals surface area contributed by atoms with Gasteiger partial charge in [-0.05, 0) is 25.7 Å². The van der Waals surface area contributed by atoms with Gasteiger partial charge >= 0.3 is 0 Å². The summed E-state index contributed by atoms with van der Waals surface area (Å²) in [6, 6.07) is 0.680. The largest absolute Gasteiger partial charge is 0.354 e. The van der Waals surface area contributed by atoms with Crippen LogP contribution < -0.4 is 10.6 Å². The summed E-state index contributed by atoms with van der Waals surface area (Å²) in [6.45, 7) is 3.84. The Labute approximate surface area is 124 Å². The van der Waals surface area contributed by atoms with E-state index in [2.05, 4.69) is 17.6 Å². The number of hydrogen-bond donors (Lipinski definition) is 2. The molecule has 2 aliphatic carbocycles. The number of carbonyl (C=O) groups excluding carboxylic acids is 1. The molecule has 3 heteroatoms. The van der Waals surface area contributed by atoms with Gasteiger partial charge in [0.2, 0.25) is 5.91 Å². The molecule has 0 bridgehead atoms. The summed E-state index contributed by atoms with van der Waals surface area (Å²) in [5.41, 5.74) is -0.0967. The summed E-state index contributed by atoms with van der Waals surface area (Å²) < 4.78 is 0.